The molecule has 17 heavy (non-hydrogen) atoms. The molecule has 0 aromatic rings. The lowest BCUT2D eigenvalue weighted by atomic mass is 9.99. The van der Waals surface area contributed by atoms with Crippen LogP contribution in [-0.2, 0) is 0 Å². The summed E-state index contributed by atoms with van der Waals surface area (Å²) in [5.74, 6) is 0.920. The van der Waals surface area contributed by atoms with Gasteiger partial charge in [0.05, 0.1) is 0 Å². The summed E-state index contributed by atoms with van der Waals surface area (Å²) in [6.07, 6.45) is 12.7. The SMILES string of the molecule is CCCC(C)CCCC=CCCN(CC)CC. The van der Waals surface area contributed by atoms with Crippen LogP contribution >= 0.6 is 0 Å². The molecule has 0 amide bonds. The molecule has 0 spiro atoms. The van der Waals surface area contributed by atoms with Crippen molar-refractivity contribution in [3.63, 3.8) is 0 Å². The van der Waals surface area contributed by atoms with Crippen LogP contribution in [0, 0.1) is 5.92 Å². The van der Waals surface area contributed by atoms with Crippen molar-refractivity contribution >= 4 is 0 Å². The number of rotatable bonds is 11. The first kappa shape index (κ1) is 16.7. The highest BCUT2D eigenvalue weighted by atomic mass is 15.1. The smallest absolute Gasteiger partial charge is 0.00157 e. The number of allylic oxidation sites excluding steroid dienone is 1. The van der Waals surface area contributed by atoms with E-state index in [0.717, 1.165) is 5.92 Å². The van der Waals surface area contributed by atoms with Crippen molar-refractivity contribution in [1.29, 1.82) is 0 Å². The van der Waals surface area contributed by atoms with Crippen LogP contribution in [0.25, 0.3) is 0 Å². The molecule has 1 unspecified atom stereocenters. The van der Waals surface area contributed by atoms with Gasteiger partial charge in [-0.2, -0.15) is 0 Å². The first-order valence-corrected chi connectivity index (χ1v) is 7.61. The number of nitrogens with zero attached hydrogens (tertiary/aromatic N) is 1. The third-order valence-electron chi connectivity index (χ3n) is 3.52. The predicted octanol–water partition coefficient (Wildman–Crippen LogP) is 4.88. The Morgan fingerprint density at radius 2 is 1.59 bits per heavy atom. The minimum Gasteiger partial charge on any atom is -0.304 e. The maximum absolute atomic E-state index is 2.48. The third-order valence-corrected chi connectivity index (χ3v) is 3.52. The number of unbranched alkanes of at least 4 members (excludes halogenated alkanes) is 1. The van der Waals surface area contributed by atoms with Crippen LogP contribution < -0.4 is 0 Å². The molecule has 0 radical (unpaired) electrons. The lowest BCUT2D eigenvalue weighted by molar-refractivity contribution is 0.310. The highest BCUT2D eigenvalue weighted by molar-refractivity contribution is 4.82. The summed E-state index contributed by atoms with van der Waals surface area (Å²) in [4.78, 5) is 2.48. The Balaban J connectivity index is 3.36. The van der Waals surface area contributed by atoms with E-state index in [1.807, 2.05) is 0 Å². The predicted molar refractivity (Wildman–Crippen MR) is 79.5 cm³/mol. The van der Waals surface area contributed by atoms with E-state index >= 15 is 0 Å². The second kappa shape index (κ2) is 12.2. The molecule has 0 aliphatic carbocycles. The molecule has 0 bridgehead atoms. The molecule has 102 valence electrons. The van der Waals surface area contributed by atoms with Crippen LogP contribution in [0.15, 0.2) is 12.2 Å². The first-order valence-electron chi connectivity index (χ1n) is 7.61. The van der Waals surface area contributed by atoms with E-state index in [1.54, 1.807) is 0 Å². The normalized spacial score (nSPS) is 13.7. The highest BCUT2D eigenvalue weighted by Gasteiger charge is 1.98. The Hall–Kier alpha value is -0.300. The van der Waals surface area contributed by atoms with Crippen molar-refractivity contribution in [3.8, 4) is 0 Å². The van der Waals surface area contributed by atoms with Gasteiger partial charge in [0.15, 0.2) is 0 Å². The molecule has 0 N–H and O–H groups in total. The fourth-order valence-corrected chi connectivity index (χ4v) is 2.25. The van der Waals surface area contributed by atoms with Crippen LogP contribution in [0.3, 0.4) is 0 Å². The van der Waals surface area contributed by atoms with Crippen LogP contribution in [0.4, 0.5) is 0 Å². The van der Waals surface area contributed by atoms with Gasteiger partial charge in [0.25, 0.3) is 0 Å². The summed E-state index contributed by atoms with van der Waals surface area (Å²) in [6.45, 7) is 12.7. The van der Waals surface area contributed by atoms with Crippen molar-refractivity contribution in [1.82, 2.24) is 4.90 Å². The van der Waals surface area contributed by atoms with Crippen molar-refractivity contribution < 1.29 is 0 Å². The summed E-state index contributed by atoms with van der Waals surface area (Å²) < 4.78 is 0. The van der Waals surface area contributed by atoms with Gasteiger partial charge >= 0.3 is 0 Å². The summed E-state index contributed by atoms with van der Waals surface area (Å²) in [5, 5.41) is 0. The molecule has 1 atom stereocenters. The Morgan fingerprint density at radius 1 is 0.941 bits per heavy atom. The fourth-order valence-electron chi connectivity index (χ4n) is 2.25. The zero-order valence-corrected chi connectivity index (χ0v) is 12.5. The van der Waals surface area contributed by atoms with E-state index in [2.05, 4.69) is 44.7 Å². The van der Waals surface area contributed by atoms with Crippen LogP contribution in [-0.4, -0.2) is 24.5 Å². The van der Waals surface area contributed by atoms with Gasteiger partial charge in [0, 0.05) is 6.54 Å². The lowest BCUT2D eigenvalue weighted by Gasteiger charge is -2.16. The quantitative estimate of drug-likeness (QED) is 0.367. The van der Waals surface area contributed by atoms with Gasteiger partial charge in [-0.15, -0.1) is 0 Å². The van der Waals surface area contributed by atoms with E-state index in [4.69, 9.17) is 0 Å². The van der Waals surface area contributed by atoms with Crippen molar-refractivity contribution in [2.24, 2.45) is 5.92 Å². The molecule has 0 rings (SSSR count). The molecule has 0 saturated carbocycles. The molecule has 0 aliphatic rings. The molecule has 1 heteroatoms. The zero-order chi connectivity index (χ0) is 12.9. The molecule has 0 aliphatic heterocycles. The van der Waals surface area contributed by atoms with Crippen molar-refractivity contribution in [2.45, 2.75) is 66.2 Å². The largest absolute Gasteiger partial charge is 0.304 e. The molecule has 1 nitrogen and oxygen atoms in total. The van der Waals surface area contributed by atoms with E-state index in [-0.39, 0.29) is 0 Å². The van der Waals surface area contributed by atoms with Gasteiger partial charge in [-0.05, 0) is 38.3 Å². The van der Waals surface area contributed by atoms with Gasteiger partial charge in [-0.1, -0.05) is 59.1 Å². The maximum atomic E-state index is 2.48. The van der Waals surface area contributed by atoms with Crippen LogP contribution in [0.1, 0.15) is 66.2 Å². The number of hydrogen-bond donors (Lipinski definition) is 0. The summed E-state index contributed by atoms with van der Waals surface area (Å²) in [5.41, 5.74) is 0. The van der Waals surface area contributed by atoms with Gasteiger partial charge in [0.2, 0.25) is 0 Å². The van der Waals surface area contributed by atoms with Crippen molar-refractivity contribution in [2.75, 3.05) is 19.6 Å². The second-order valence-electron chi connectivity index (χ2n) is 5.11. The monoisotopic (exact) mass is 239 g/mol. The fraction of sp³-hybridized carbons (Fsp3) is 0.875. The molecule has 0 fully saturated rings. The topological polar surface area (TPSA) is 3.24 Å². The first-order chi connectivity index (χ1) is 8.24. The van der Waals surface area contributed by atoms with Crippen LogP contribution in [0.5, 0.6) is 0 Å². The molecular weight excluding hydrogens is 206 g/mol. The minimum atomic E-state index is 0.920. The van der Waals surface area contributed by atoms with E-state index in [9.17, 15) is 0 Å². The molecule has 0 aromatic heterocycles. The van der Waals surface area contributed by atoms with Gasteiger partial charge in [0.1, 0.15) is 0 Å². The van der Waals surface area contributed by atoms with E-state index < -0.39 is 0 Å². The molecule has 0 aromatic carbocycles. The number of hydrogen-bond acceptors (Lipinski definition) is 1. The average molecular weight is 239 g/mol. The Morgan fingerprint density at radius 3 is 2.18 bits per heavy atom. The van der Waals surface area contributed by atoms with Gasteiger partial charge < -0.3 is 4.90 Å². The molecule has 0 saturated heterocycles. The Labute approximate surface area is 109 Å². The summed E-state index contributed by atoms with van der Waals surface area (Å²) in [6, 6.07) is 0. The second-order valence-corrected chi connectivity index (χ2v) is 5.11. The van der Waals surface area contributed by atoms with Crippen molar-refractivity contribution in [3.05, 3.63) is 12.2 Å². The van der Waals surface area contributed by atoms with Crippen LogP contribution in [0.2, 0.25) is 0 Å². The third kappa shape index (κ3) is 10.6. The Bertz CT molecular complexity index is 170. The lowest BCUT2D eigenvalue weighted by Crippen LogP contribution is -2.23. The summed E-state index contributed by atoms with van der Waals surface area (Å²) >= 11 is 0. The zero-order valence-electron chi connectivity index (χ0n) is 12.5. The Kier molecular flexibility index (Phi) is 12.0. The maximum Gasteiger partial charge on any atom is 0.00157 e. The highest BCUT2D eigenvalue weighted by Crippen LogP contribution is 2.13. The van der Waals surface area contributed by atoms with E-state index in [1.165, 1.54) is 58.2 Å². The summed E-state index contributed by atoms with van der Waals surface area (Å²) in [7, 11) is 0. The molecular formula is C16H33N. The van der Waals surface area contributed by atoms with Gasteiger partial charge in [-0.25, -0.2) is 0 Å². The minimum absolute atomic E-state index is 0.920. The standard InChI is InChI=1S/C16H33N/c1-5-13-16(4)14-11-9-8-10-12-15-17(6-2)7-3/h8,10,16H,5-7,9,11-15H2,1-4H3. The molecule has 0 heterocycles. The average Bonchev–Trinajstić information content (AvgIpc) is 2.33. The van der Waals surface area contributed by atoms with E-state index in [0.29, 0.717) is 0 Å². The van der Waals surface area contributed by atoms with Gasteiger partial charge in [-0.3, -0.25) is 0 Å².